The Morgan fingerprint density at radius 3 is 2.89 bits per heavy atom. The normalized spacial score (nSPS) is 12.2. The van der Waals surface area contributed by atoms with Crippen molar-refractivity contribution >= 4 is 16.8 Å². The molecule has 0 saturated carbocycles. The average Bonchev–Trinajstić information content (AvgIpc) is 2.45. The van der Waals surface area contributed by atoms with E-state index in [2.05, 4.69) is 10.3 Å². The highest BCUT2D eigenvalue weighted by molar-refractivity contribution is 5.97. The van der Waals surface area contributed by atoms with Gasteiger partial charge in [0.1, 0.15) is 5.75 Å². The number of nitrogens with one attached hydrogen (secondary N) is 1. The maximum absolute atomic E-state index is 12.0. The number of pyridine rings is 1. The van der Waals surface area contributed by atoms with Crippen LogP contribution in [-0.4, -0.2) is 24.0 Å². The van der Waals surface area contributed by atoms with Crippen LogP contribution in [0.5, 0.6) is 5.75 Å². The maximum Gasteiger partial charge on any atom is 0.253 e. The number of ether oxygens (including phenoxy) is 1. The van der Waals surface area contributed by atoms with Gasteiger partial charge in [0.15, 0.2) is 0 Å². The summed E-state index contributed by atoms with van der Waals surface area (Å²) in [7, 11) is 1.62. The number of hydrogen-bond donors (Lipinski definition) is 1. The smallest absolute Gasteiger partial charge is 0.253 e. The molecule has 0 radical (unpaired) electrons. The van der Waals surface area contributed by atoms with Crippen LogP contribution in [-0.2, 0) is 0 Å². The molecule has 0 aliphatic carbocycles. The topological polar surface area (TPSA) is 51.2 Å². The first-order valence-corrected chi connectivity index (χ1v) is 6.38. The molecule has 0 bridgehead atoms. The molecule has 1 heterocycles. The molecule has 0 saturated heterocycles. The van der Waals surface area contributed by atoms with Gasteiger partial charge in [-0.05, 0) is 37.6 Å². The van der Waals surface area contributed by atoms with Gasteiger partial charge in [-0.1, -0.05) is 6.92 Å². The van der Waals surface area contributed by atoms with E-state index in [9.17, 15) is 4.79 Å². The average molecular weight is 258 g/mol. The number of amides is 1. The second-order valence-corrected chi connectivity index (χ2v) is 4.57. The van der Waals surface area contributed by atoms with Crippen molar-refractivity contribution in [1.82, 2.24) is 10.3 Å². The highest BCUT2D eigenvalue weighted by Crippen LogP contribution is 2.20. The van der Waals surface area contributed by atoms with Crippen LogP contribution in [0.4, 0.5) is 0 Å². The molecule has 1 amide bonds. The quantitative estimate of drug-likeness (QED) is 0.917. The lowest BCUT2D eigenvalue weighted by molar-refractivity contribution is 0.0939. The van der Waals surface area contributed by atoms with Crippen molar-refractivity contribution in [2.24, 2.45) is 0 Å². The van der Waals surface area contributed by atoms with E-state index in [-0.39, 0.29) is 11.9 Å². The van der Waals surface area contributed by atoms with Crippen molar-refractivity contribution in [1.29, 1.82) is 0 Å². The second kappa shape index (κ2) is 5.69. The molecule has 0 fully saturated rings. The molecule has 0 aliphatic heterocycles. The van der Waals surface area contributed by atoms with Gasteiger partial charge >= 0.3 is 0 Å². The largest absolute Gasteiger partial charge is 0.497 e. The van der Waals surface area contributed by atoms with Crippen LogP contribution in [0.1, 0.15) is 30.6 Å². The first-order chi connectivity index (χ1) is 9.13. The Morgan fingerprint density at radius 1 is 1.42 bits per heavy atom. The summed E-state index contributed by atoms with van der Waals surface area (Å²) in [5.74, 6) is 0.667. The molecule has 1 unspecified atom stereocenters. The lowest BCUT2D eigenvalue weighted by Crippen LogP contribution is -2.31. The summed E-state index contributed by atoms with van der Waals surface area (Å²) in [6.07, 6.45) is 2.51. The van der Waals surface area contributed by atoms with Crippen molar-refractivity contribution in [3.63, 3.8) is 0 Å². The number of nitrogens with zero attached hydrogens (tertiary/aromatic N) is 1. The van der Waals surface area contributed by atoms with Crippen molar-refractivity contribution in [2.45, 2.75) is 26.3 Å². The molecule has 1 N–H and O–H groups in total. The zero-order valence-electron chi connectivity index (χ0n) is 11.4. The Morgan fingerprint density at radius 2 is 2.21 bits per heavy atom. The van der Waals surface area contributed by atoms with Gasteiger partial charge in [0.25, 0.3) is 5.91 Å². The third kappa shape index (κ3) is 3.02. The third-order valence-electron chi connectivity index (χ3n) is 3.14. The first kappa shape index (κ1) is 13.3. The molecular formula is C15H18N2O2. The van der Waals surface area contributed by atoms with Gasteiger partial charge in [0.2, 0.25) is 0 Å². The van der Waals surface area contributed by atoms with Crippen LogP contribution < -0.4 is 10.1 Å². The molecule has 0 aliphatic rings. The minimum Gasteiger partial charge on any atom is -0.497 e. The van der Waals surface area contributed by atoms with Gasteiger partial charge in [-0.3, -0.25) is 9.78 Å². The highest BCUT2D eigenvalue weighted by Gasteiger charge is 2.10. The zero-order chi connectivity index (χ0) is 13.8. The number of aromatic nitrogens is 1. The molecule has 0 spiro atoms. The van der Waals surface area contributed by atoms with Crippen LogP contribution in [0.2, 0.25) is 0 Å². The minimum atomic E-state index is -0.0911. The van der Waals surface area contributed by atoms with Crippen LogP contribution in [0.15, 0.2) is 30.5 Å². The third-order valence-corrected chi connectivity index (χ3v) is 3.14. The summed E-state index contributed by atoms with van der Waals surface area (Å²) < 4.78 is 5.18. The highest BCUT2D eigenvalue weighted by atomic mass is 16.5. The van der Waals surface area contributed by atoms with Crippen molar-refractivity contribution in [2.75, 3.05) is 7.11 Å². The SMILES string of the molecule is CCC(C)NC(=O)c1cnc2ccc(OC)cc2c1. The Hall–Kier alpha value is -2.10. The predicted molar refractivity (Wildman–Crippen MR) is 75.5 cm³/mol. The maximum atomic E-state index is 12.0. The van der Waals surface area contributed by atoms with Crippen molar-refractivity contribution < 1.29 is 9.53 Å². The van der Waals surface area contributed by atoms with Crippen LogP contribution in [0, 0.1) is 0 Å². The van der Waals surface area contributed by atoms with E-state index in [1.807, 2.05) is 38.1 Å². The van der Waals surface area contributed by atoms with E-state index < -0.39 is 0 Å². The molecule has 2 aromatic rings. The number of carbonyl (C=O) groups is 1. The fourth-order valence-electron chi connectivity index (χ4n) is 1.77. The molecule has 4 nitrogen and oxygen atoms in total. The number of fused-ring (bicyclic) bond motifs is 1. The minimum absolute atomic E-state index is 0.0911. The molecule has 100 valence electrons. The van der Waals surface area contributed by atoms with E-state index in [4.69, 9.17) is 4.74 Å². The van der Waals surface area contributed by atoms with Gasteiger partial charge < -0.3 is 10.1 Å². The number of rotatable bonds is 4. The summed E-state index contributed by atoms with van der Waals surface area (Å²) in [5.41, 5.74) is 1.42. The monoisotopic (exact) mass is 258 g/mol. The fourth-order valence-corrected chi connectivity index (χ4v) is 1.77. The van der Waals surface area contributed by atoms with Gasteiger partial charge in [-0.15, -0.1) is 0 Å². The Bertz CT molecular complexity index is 596. The summed E-state index contributed by atoms with van der Waals surface area (Å²) >= 11 is 0. The second-order valence-electron chi connectivity index (χ2n) is 4.57. The van der Waals surface area contributed by atoms with Gasteiger partial charge in [0.05, 0.1) is 18.2 Å². The van der Waals surface area contributed by atoms with E-state index >= 15 is 0 Å². The van der Waals surface area contributed by atoms with Gasteiger partial charge in [0, 0.05) is 17.6 Å². The fraction of sp³-hybridized carbons (Fsp3) is 0.333. The molecule has 1 aromatic heterocycles. The standard InChI is InChI=1S/C15H18N2O2/c1-4-10(2)17-15(18)12-7-11-8-13(19-3)5-6-14(11)16-9-12/h5-10H,4H2,1-3H3,(H,17,18). The Labute approximate surface area is 112 Å². The van der Waals surface area contributed by atoms with E-state index in [0.29, 0.717) is 5.56 Å². The van der Waals surface area contributed by atoms with E-state index in [1.54, 1.807) is 13.3 Å². The van der Waals surface area contributed by atoms with Crippen molar-refractivity contribution in [3.05, 3.63) is 36.0 Å². The summed E-state index contributed by atoms with van der Waals surface area (Å²) in [5, 5.41) is 3.83. The number of benzene rings is 1. The molecule has 4 heteroatoms. The van der Waals surface area contributed by atoms with Crippen LogP contribution in [0.25, 0.3) is 10.9 Å². The number of carbonyl (C=O) groups excluding carboxylic acids is 1. The predicted octanol–water partition coefficient (Wildman–Crippen LogP) is 2.77. The summed E-state index contributed by atoms with van der Waals surface area (Å²) in [4.78, 5) is 16.3. The molecular weight excluding hydrogens is 240 g/mol. The Kier molecular flexibility index (Phi) is 4.00. The summed E-state index contributed by atoms with van der Waals surface area (Å²) in [6.45, 7) is 4.02. The molecule has 1 atom stereocenters. The molecule has 19 heavy (non-hydrogen) atoms. The van der Waals surface area contributed by atoms with Crippen molar-refractivity contribution in [3.8, 4) is 5.75 Å². The van der Waals surface area contributed by atoms with Crippen LogP contribution in [0.3, 0.4) is 0 Å². The summed E-state index contributed by atoms with van der Waals surface area (Å²) in [6, 6.07) is 7.61. The number of hydrogen-bond acceptors (Lipinski definition) is 3. The number of methoxy groups -OCH3 is 1. The van der Waals surface area contributed by atoms with Gasteiger partial charge in [-0.2, -0.15) is 0 Å². The lowest BCUT2D eigenvalue weighted by Gasteiger charge is -2.11. The van der Waals surface area contributed by atoms with E-state index in [0.717, 1.165) is 23.1 Å². The Balaban J connectivity index is 2.32. The molecule has 2 rings (SSSR count). The van der Waals surface area contributed by atoms with E-state index in [1.165, 1.54) is 0 Å². The van der Waals surface area contributed by atoms with Gasteiger partial charge in [-0.25, -0.2) is 0 Å². The molecule has 1 aromatic carbocycles. The van der Waals surface area contributed by atoms with Crippen LogP contribution >= 0.6 is 0 Å². The first-order valence-electron chi connectivity index (χ1n) is 6.38. The lowest BCUT2D eigenvalue weighted by atomic mass is 10.1. The zero-order valence-corrected chi connectivity index (χ0v) is 11.4.